The molecule has 3 heterocycles. The predicted octanol–water partition coefficient (Wildman–Crippen LogP) is 5.02. The van der Waals surface area contributed by atoms with Crippen molar-refractivity contribution in [2.24, 2.45) is 0 Å². The highest BCUT2D eigenvalue weighted by atomic mass is 16.3. The van der Waals surface area contributed by atoms with Gasteiger partial charge in [0.05, 0.1) is 24.0 Å². The number of nitrogens with one attached hydrogen (secondary N) is 1. The zero-order chi connectivity index (χ0) is 26.7. The second kappa shape index (κ2) is 9.06. The molecule has 5 aromatic rings. The maximum atomic E-state index is 14.2. The average molecular weight is 517 g/mol. The molecular weight excluding hydrogens is 488 g/mol. The SMILES string of the molecule is C=CC(=O)N1CC(c2cc3cc(C4CC4)ccc3c(=O)n2-c2cccc(-c3ccc4[nH]ncc4c3)c2CO)C1. The van der Waals surface area contributed by atoms with E-state index in [0.29, 0.717) is 35.6 Å². The van der Waals surface area contributed by atoms with Gasteiger partial charge in [0.1, 0.15) is 0 Å². The van der Waals surface area contributed by atoms with E-state index in [0.717, 1.165) is 33.1 Å². The fourth-order valence-corrected chi connectivity index (χ4v) is 5.88. The van der Waals surface area contributed by atoms with E-state index in [1.807, 2.05) is 42.5 Å². The summed E-state index contributed by atoms with van der Waals surface area (Å²) in [6.07, 6.45) is 5.48. The number of benzene rings is 3. The van der Waals surface area contributed by atoms with Crippen molar-refractivity contribution in [3.63, 3.8) is 0 Å². The molecule has 0 atom stereocenters. The summed E-state index contributed by atoms with van der Waals surface area (Å²) in [5.41, 5.74) is 6.07. The van der Waals surface area contributed by atoms with E-state index in [4.69, 9.17) is 0 Å². The van der Waals surface area contributed by atoms with Crippen LogP contribution in [0.15, 0.2) is 84.3 Å². The Morgan fingerprint density at radius 3 is 2.67 bits per heavy atom. The Kier molecular flexibility index (Phi) is 5.49. The summed E-state index contributed by atoms with van der Waals surface area (Å²) in [6.45, 7) is 4.41. The number of likely N-dealkylation sites (tertiary alicyclic amines) is 1. The van der Waals surface area contributed by atoms with E-state index in [2.05, 4.69) is 35.0 Å². The van der Waals surface area contributed by atoms with Crippen molar-refractivity contribution in [3.8, 4) is 16.8 Å². The summed E-state index contributed by atoms with van der Waals surface area (Å²) in [6, 6.07) is 20.1. The van der Waals surface area contributed by atoms with E-state index >= 15 is 0 Å². The summed E-state index contributed by atoms with van der Waals surface area (Å²) in [5.74, 6) is 0.465. The third-order valence-corrected chi connectivity index (χ3v) is 8.21. The van der Waals surface area contributed by atoms with E-state index in [1.54, 1.807) is 15.7 Å². The molecule has 2 aromatic heterocycles. The van der Waals surface area contributed by atoms with Crippen LogP contribution in [-0.2, 0) is 11.4 Å². The lowest BCUT2D eigenvalue weighted by Gasteiger charge is -2.40. The van der Waals surface area contributed by atoms with Gasteiger partial charge in [-0.3, -0.25) is 19.3 Å². The van der Waals surface area contributed by atoms with Gasteiger partial charge in [-0.25, -0.2) is 0 Å². The van der Waals surface area contributed by atoms with Crippen LogP contribution in [0.3, 0.4) is 0 Å². The van der Waals surface area contributed by atoms with Gasteiger partial charge in [-0.2, -0.15) is 5.10 Å². The fraction of sp³-hybridized carbons (Fsp3) is 0.219. The molecule has 2 N–H and O–H groups in total. The lowest BCUT2D eigenvalue weighted by atomic mass is 9.92. The molecule has 1 saturated carbocycles. The van der Waals surface area contributed by atoms with Crippen molar-refractivity contribution in [2.75, 3.05) is 13.1 Å². The predicted molar refractivity (Wildman–Crippen MR) is 152 cm³/mol. The Labute approximate surface area is 225 Å². The molecule has 7 nitrogen and oxygen atoms in total. The van der Waals surface area contributed by atoms with Gasteiger partial charge in [0.15, 0.2) is 0 Å². The topological polar surface area (TPSA) is 91.2 Å². The van der Waals surface area contributed by atoms with E-state index in [-0.39, 0.29) is 24.0 Å². The minimum absolute atomic E-state index is 0.00643. The van der Waals surface area contributed by atoms with Crippen molar-refractivity contribution < 1.29 is 9.90 Å². The van der Waals surface area contributed by atoms with Gasteiger partial charge < -0.3 is 10.0 Å². The normalized spacial score (nSPS) is 15.6. The number of aromatic nitrogens is 3. The molecule has 0 unspecified atom stereocenters. The van der Waals surface area contributed by atoms with Crippen molar-refractivity contribution >= 4 is 27.6 Å². The number of aliphatic hydroxyl groups excluding tert-OH is 1. The van der Waals surface area contributed by atoms with Crippen molar-refractivity contribution in [2.45, 2.75) is 31.3 Å². The van der Waals surface area contributed by atoms with Crippen LogP contribution in [-0.4, -0.2) is 43.8 Å². The fourth-order valence-electron chi connectivity index (χ4n) is 5.88. The number of nitrogens with zero attached hydrogens (tertiary/aromatic N) is 3. The van der Waals surface area contributed by atoms with Crippen LogP contribution in [0.2, 0.25) is 0 Å². The maximum absolute atomic E-state index is 14.2. The molecular formula is C32H28N4O3. The zero-order valence-corrected chi connectivity index (χ0v) is 21.4. The highest BCUT2D eigenvalue weighted by molar-refractivity contribution is 5.88. The quantitative estimate of drug-likeness (QED) is 0.310. The average Bonchev–Trinajstić information content (AvgIpc) is 3.68. The van der Waals surface area contributed by atoms with Gasteiger partial charge in [-0.1, -0.05) is 36.9 Å². The van der Waals surface area contributed by atoms with Crippen molar-refractivity contribution in [1.82, 2.24) is 19.7 Å². The first kappa shape index (κ1) is 23.6. The lowest BCUT2D eigenvalue weighted by molar-refractivity contribution is -0.130. The molecule has 0 spiro atoms. The third kappa shape index (κ3) is 3.89. The zero-order valence-electron chi connectivity index (χ0n) is 21.4. The minimum Gasteiger partial charge on any atom is -0.392 e. The van der Waals surface area contributed by atoms with Crippen LogP contribution in [0.1, 0.15) is 41.5 Å². The Hall–Kier alpha value is -4.49. The molecule has 1 aliphatic heterocycles. The summed E-state index contributed by atoms with van der Waals surface area (Å²) in [5, 5.41) is 20.3. The Balaban J connectivity index is 1.43. The maximum Gasteiger partial charge on any atom is 0.263 e. The molecule has 0 radical (unpaired) electrons. The standard InChI is InChI=1S/C32H28N4O3/c1-2-31(38)35-16-24(17-35)30-14-22-12-20(19-6-7-19)8-10-26(22)32(39)36(30)29-5-3-4-25(27(29)18-37)21-9-11-28-23(13-21)15-33-34-28/h2-5,8-15,19,24,37H,1,6-7,16-18H2,(H,33,34). The summed E-state index contributed by atoms with van der Waals surface area (Å²) >= 11 is 0. The molecule has 194 valence electrons. The number of rotatable bonds is 6. The molecule has 1 aliphatic carbocycles. The Morgan fingerprint density at radius 2 is 1.90 bits per heavy atom. The summed E-state index contributed by atoms with van der Waals surface area (Å²) in [7, 11) is 0. The Bertz CT molecular complexity index is 1840. The van der Waals surface area contributed by atoms with Crippen molar-refractivity contribution in [1.29, 1.82) is 0 Å². The van der Waals surface area contributed by atoms with Crippen LogP contribution >= 0.6 is 0 Å². The Morgan fingerprint density at radius 1 is 1.05 bits per heavy atom. The number of H-pyrrole nitrogens is 1. The van der Waals surface area contributed by atoms with Gasteiger partial charge >= 0.3 is 0 Å². The van der Waals surface area contributed by atoms with Gasteiger partial charge in [0, 0.05) is 41.0 Å². The first-order valence-electron chi connectivity index (χ1n) is 13.3. The van der Waals surface area contributed by atoms with Crippen LogP contribution in [0.4, 0.5) is 0 Å². The largest absolute Gasteiger partial charge is 0.392 e. The van der Waals surface area contributed by atoms with Crippen LogP contribution in [0.5, 0.6) is 0 Å². The number of aliphatic hydroxyl groups is 1. The van der Waals surface area contributed by atoms with Gasteiger partial charge in [-0.05, 0) is 77.2 Å². The molecule has 3 aromatic carbocycles. The molecule has 7 rings (SSSR count). The second-order valence-electron chi connectivity index (χ2n) is 10.6. The number of fused-ring (bicyclic) bond motifs is 2. The van der Waals surface area contributed by atoms with Crippen molar-refractivity contribution in [3.05, 3.63) is 107 Å². The molecule has 7 heteroatoms. The summed E-state index contributed by atoms with van der Waals surface area (Å²) < 4.78 is 1.75. The smallest absolute Gasteiger partial charge is 0.263 e. The number of amides is 1. The number of carbonyl (C=O) groups is 1. The highest BCUT2D eigenvalue weighted by Gasteiger charge is 2.34. The van der Waals surface area contributed by atoms with E-state index < -0.39 is 0 Å². The molecule has 2 fully saturated rings. The first-order valence-corrected chi connectivity index (χ1v) is 13.3. The molecule has 2 aliphatic rings. The molecule has 0 bridgehead atoms. The number of hydrogen-bond donors (Lipinski definition) is 2. The molecule has 1 saturated heterocycles. The van der Waals surface area contributed by atoms with Gasteiger partial charge in [0.2, 0.25) is 5.91 Å². The summed E-state index contributed by atoms with van der Waals surface area (Å²) in [4.78, 5) is 28.1. The number of pyridine rings is 1. The number of aromatic amines is 1. The monoisotopic (exact) mass is 516 g/mol. The van der Waals surface area contributed by atoms with Gasteiger partial charge in [-0.15, -0.1) is 0 Å². The van der Waals surface area contributed by atoms with Crippen LogP contribution in [0.25, 0.3) is 38.5 Å². The van der Waals surface area contributed by atoms with E-state index in [1.165, 1.54) is 24.5 Å². The minimum atomic E-state index is -0.231. The number of carbonyl (C=O) groups excluding carboxylic acids is 1. The molecule has 39 heavy (non-hydrogen) atoms. The lowest BCUT2D eigenvalue weighted by Crippen LogP contribution is -2.49. The highest BCUT2D eigenvalue weighted by Crippen LogP contribution is 2.41. The number of hydrogen-bond acceptors (Lipinski definition) is 4. The van der Waals surface area contributed by atoms with Crippen LogP contribution < -0.4 is 5.56 Å². The second-order valence-corrected chi connectivity index (χ2v) is 10.6. The van der Waals surface area contributed by atoms with Crippen LogP contribution in [0, 0.1) is 0 Å². The molecule has 1 amide bonds. The third-order valence-electron chi connectivity index (χ3n) is 8.21. The first-order chi connectivity index (χ1) is 19.1. The van der Waals surface area contributed by atoms with E-state index in [9.17, 15) is 14.7 Å². The van der Waals surface area contributed by atoms with Gasteiger partial charge in [0.25, 0.3) is 5.56 Å².